The number of para-hydroxylation sites is 1. The van der Waals surface area contributed by atoms with Crippen LogP contribution in [0.3, 0.4) is 0 Å². The lowest BCUT2D eigenvalue weighted by atomic mass is 10.0. The number of rotatable bonds is 3. The predicted octanol–water partition coefficient (Wildman–Crippen LogP) is 4.50. The molecule has 3 rings (SSSR count). The van der Waals surface area contributed by atoms with Crippen LogP contribution in [0.2, 0.25) is 0 Å². The lowest BCUT2D eigenvalue weighted by Gasteiger charge is -2.20. The summed E-state index contributed by atoms with van der Waals surface area (Å²) in [7, 11) is 0. The van der Waals surface area contributed by atoms with Crippen molar-refractivity contribution in [2.24, 2.45) is 0 Å². The first-order chi connectivity index (χ1) is 12.2. The van der Waals surface area contributed by atoms with Gasteiger partial charge in [-0.15, -0.1) is 0 Å². The van der Waals surface area contributed by atoms with Gasteiger partial charge in [-0.25, -0.2) is 4.98 Å². The van der Waals surface area contributed by atoms with Gasteiger partial charge in [-0.2, -0.15) is 13.2 Å². The Morgan fingerprint density at radius 3 is 2.46 bits per heavy atom. The van der Waals surface area contributed by atoms with E-state index in [-0.39, 0.29) is 23.1 Å². The summed E-state index contributed by atoms with van der Waals surface area (Å²) >= 11 is 0. The van der Waals surface area contributed by atoms with E-state index in [1.54, 1.807) is 38.1 Å². The molecule has 0 saturated carbocycles. The summed E-state index contributed by atoms with van der Waals surface area (Å²) in [6, 6.07) is 8.89. The summed E-state index contributed by atoms with van der Waals surface area (Å²) in [4.78, 5) is 17.1. The first-order valence-corrected chi connectivity index (χ1v) is 8.04. The van der Waals surface area contributed by atoms with Gasteiger partial charge in [0.15, 0.2) is 0 Å². The number of benzene rings is 2. The van der Waals surface area contributed by atoms with Gasteiger partial charge < -0.3 is 4.74 Å². The standard InChI is InChI=1S/C19H17F3N2O2/c1-11(2)26-16-9-8-14(19(20,21)22)12(3)17(16)24-10-23-15-7-5-4-6-13(15)18(24)25/h4-11H,1-3H3. The van der Waals surface area contributed by atoms with Crippen molar-refractivity contribution in [3.63, 3.8) is 0 Å². The molecule has 0 aliphatic rings. The van der Waals surface area contributed by atoms with Crippen molar-refractivity contribution in [1.82, 2.24) is 9.55 Å². The summed E-state index contributed by atoms with van der Waals surface area (Å²) in [6.45, 7) is 4.85. The van der Waals surface area contributed by atoms with Gasteiger partial charge in [-0.1, -0.05) is 12.1 Å². The molecule has 0 radical (unpaired) electrons. The van der Waals surface area contributed by atoms with Crippen molar-refractivity contribution >= 4 is 10.9 Å². The van der Waals surface area contributed by atoms with E-state index in [0.717, 1.165) is 10.6 Å². The summed E-state index contributed by atoms with van der Waals surface area (Å²) < 4.78 is 46.8. The maximum atomic E-state index is 13.3. The van der Waals surface area contributed by atoms with Gasteiger partial charge in [-0.05, 0) is 50.6 Å². The molecule has 0 saturated heterocycles. The molecule has 0 spiro atoms. The van der Waals surface area contributed by atoms with Crippen molar-refractivity contribution in [3.8, 4) is 11.4 Å². The highest BCUT2D eigenvalue weighted by atomic mass is 19.4. The van der Waals surface area contributed by atoms with Gasteiger partial charge in [-0.3, -0.25) is 9.36 Å². The third-order valence-electron chi connectivity index (χ3n) is 3.97. The summed E-state index contributed by atoms with van der Waals surface area (Å²) in [6.07, 6.45) is -3.57. The molecule has 2 aromatic carbocycles. The summed E-state index contributed by atoms with van der Waals surface area (Å²) in [5.41, 5.74) is -0.827. The minimum Gasteiger partial charge on any atom is -0.489 e. The van der Waals surface area contributed by atoms with Crippen LogP contribution in [0.1, 0.15) is 25.0 Å². The summed E-state index contributed by atoms with van der Waals surface area (Å²) in [5.74, 6) is 0.199. The van der Waals surface area contributed by atoms with E-state index >= 15 is 0 Å². The SMILES string of the molecule is Cc1c(C(F)(F)F)ccc(OC(C)C)c1-n1cnc2ccccc2c1=O. The molecule has 0 fully saturated rings. The number of alkyl halides is 3. The Morgan fingerprint density at radius 1 is 1.12 bits per heavy atom. The largest absolute Gasteiger partial charge is 0.489 e. The number of halogens is 3. The number of ether oxygens (including phenoxy) is 1. The van der Waals surface area contributed by atoms with Crippen molar-refractivity contribution < 1.29 is 17.9 Å². The average Bonchev–Trinajstić information content (AvgIpc) is 2.55. The number of hydrogen-bond acceptors (Lipinski definition) is 3. The number of aromatic nitrogens is 2. The Bertz CT molecular complexity index is 1020. The fourth-order valence-corrected chi connectivity index (χ4v) is 2.86. The molecule has 1 aromatic heterocycles. The zero-order valence-electron chi connectivity index (χ0n) is 14.5. The van der Waals surface area contributed by atoms with Gasteiger partial charge in [0, 0.05) is 0 Å². The summed E-state index contributed by atoms with van der Waals surface area (Å²) in [5, 5.41) is 0.322. The highest BCUT2D eigenvalue weighted by Gasteiger charge is 2.34. The van der Waals surface area contributed by atoms with E-state index < -0.39 is 17.3 Å². The Hall–Kier alpha value is -2.83. The maximum Gasteiger partial charge on any atom is 0.416 e. The second kappa shape index (κ2) is 6.48. The van der Waals surface area contributed by atoms with Crippen LogP contribution in [0, 0.1) is 6.92 Å². The van der Waals surface area contributed by atoms with E-state index in [9.17, 15) is 18.0 Å². The number of fused-ring (bicyclic) bond motifs is 1. The second-order valence-corrected chi connectivity index (χ2v) is 6.19. The van der Waals surface area contributed by atoms with Gasteiger partial charge in [0.05, 0.1) is 28.3 Å². The highest BCUT2D eigenvalue weighted by molar-refractivity contribution is 5.77. The molecule has 3 aromatic rings. The molecule has 0 aliphatic carbocycles. The molecule has 136 valence electrons. The Kier molecular flexibility index (Phi) is 4.48. The van der Waals surface area contributed by atoms with Crippen LogP contribution >= 0.6 is 0 Å². The predicted molar refractivity (Wildman–Crippen MR) is 92.8 cm³/mol. The van der Waals surface area contributed by atoms with Crippen LogP contribution in [0.5, 0.6) is 5.75 Å². The Labute approximate surface area is 147 Å². The van der Waals surface area contributed by atoms with Crippen molar-refractivity contribution in [2.45, 2.75) is 33.1 Å². The number of nitrogens with zero attached hydrogens (tertiary/aromatic N) is 2. The lowest BCUT2D eigenvalue weighted by molar-refractivity contribution is -0.138. The van der Waals surface area contributed by atoms with Crippen molar-refractivity contribution in [1.29, 1.82) is 0 Å². The minimum atomic E-state index is -4.54. The van der Waals surface area contributed by atoms with E-state index in [1.165, 1.54) is 19.3 Å². The fraction of sp³-hybridized carbons (Fsp3) is 0.263. The van der Waals surface area contributed by atoms with Crippen LogP contribution in [0.15, 0.2) is 47.5 Å². The average molecular weight is 362 g/mol. The fourth-order valence-electron chi connectivity index (χ4n) is 2.86. The van der Waals surface area contributed by atoms with E-state index in [1.807, 2.05) is 0 Å². The molecule has 0 unspecified atom stereocenters. The van der Waals surface area contributed by atoms with Crippen LogP contribution in [0.4, 0.5) is 13.2 Å². The molecular formula is C19H17F3N2O2. The molecule has 4 nitrogen and oxygen atoms in total. The zero-order valence-corrected chi connectivity index (χ0v) is 14.5. The quantitative estimate of drug-likeness (QED) is 0.689. The normalized spacial score (nSPS) is 12.0. The van der Waals surface area contributed by atoms with Crippen LogP contribution in [-0.2, 0) is 6.18 Å². The smallest absolute Gasteiger partial charge is 0.416 e. The van der Waals surface area contributed by atoms with E-state index in [0.29, 0.717) is 10.9 Å². The second-order valence-electron chi connectivity index (χ2n) is 6.19. The Morgan fingerprint density at radius 2 is 1.81 bits per heavy atom. The van der Waals surface area contributed by atoms with E-state index in [4.69, 9.17) is 4.74 Å². The van der Waals surface area contributed by atoms with Gasteiger partial charge in [0.2, 0.25) is 0 Å². The van der Waals surface area contributed by atoms with Gasteiger partial charge in [0.25, 0.3) is 5.56 Å². The highest BCUT2D eigenvalue weighted by Crippen LogP contribution is 2.38. The maximum absolute atomic E-state index is 13.3. The lowest BCUT2D eigenvalue weighted by Crippen LogP contribution is -2.22. The van der Waals surface area contributed by atoms with Crippen molar-refractivity contribution in [3.05, 3.63) is 64.2 Å². The molecule has 0 atom stereocenters. The van der Waals surface area contributed by atoms with E-state index in [2.05, 4.69) is 4.98 Å². The van der Waals surface area contributed by atoms with Crippen LogP contribution in [-0.4, -0.2) is 15.7 Å². The van der Waals surface area contributed by atoms with Gasteiger partial charge in [0.1, 0.15) is 12.1 Å². The molecule has 26 heavy (non-hydrogen) atoms. The molecule has 0 aliphatic heterocycles. The third kappa shape index (κ3) is 3.16. The first kappa shape index (κ1) is 18.0. The minimum absolute atomic E-state index is 0.0526. The molecule has 1 heterocycles. The molecule has 7 heteroatoms. The Balaban J connectivity index is 2.35. The number of hydrogen-bond donors (Lipinski definition) is 0. The topological polar surface area (TPSA) is 44.1 Å². The van der Waals surface area contributed by atoms with Crippen molar-refractivity contribution in [2.75, 3.05) is 0 Å². The van der Waals surface area contributed by atoms with Gasteiger partial charge >= 0.3 is 6.18 Å². The molecule has 0 bridgehead atoms. The molecular weight excluding hydrogens is 345 g/mol. The van der Waals surface area contributed by atoms with Crippen LogP contribution < -0.4 is 10.3 Å². The monoisotopic (exact) mass is 362 g/mol. The first-order valence-electron chi connectivity index (χ1n) is 8.04. The zero-order chi connectivity index (χ0) is 19.1. The third-order valence-corrected chi connectivity index (χ3v) is 3.97. The van der Waals surface area contributed by atoms with Crippen LogP contribution in [0.25, 0.3) is 16.6 Å². The molecule has 0 N–H and O–H groups in total. The molecule has 0 amide bonds.